The van der Waals surface area contributed by atoms with E-state index in [0.29, 0.717) is 0 Å². The molecule has 0 atom stereocenters. The van der Waals surface area contributed by atoms with Gasteiger partial charge in [-0.1, -0.05) is 6.92 Å². The van der Waals surface area contributed by atoms with Crippen molar-refractivity contribution >= 4 is 28.2 Å². The number of nitrogens with zero attached hydrogens (tertiary/aromatic N) is 1. The van der Waals surface area contributed by atoms with Crippen LogP contribution >= 0.6 is 0 Å². The lowest BCUT2D eigenvalue weighted by Gasteiger charge is -2.32. The number of hydrogen-bond acceptors (Lipinski definition) is 2. The van der Waals surface area contributed by atoms with Crippen molar-refractivity contribution in [3.8, 4) is 0 Å². The Labute approximate surface area is 164 Å². The summed E-state index contributed by atoms with van der Waals surface area (Å²) in [6, 6.07) is 12.7. The molecule has 2 aromatic carbocycles. The first-order chi connectivity index (χ1) is 13.5. The maximum Gasteiger partial charge on any atom is 0.228 e. The van der Waals surface area contributed by atoms with Gasteiger partial charge in [-0.3, -0.25) is 4.79 Å². The summed E-state index contributed by atoms with van der Waals surface area (Å²) in [5, 5.41) is 3.72. The standard InChI is InChI=1S/C23H26FN3O/c1-15-9-11-27(12-10-15)19-6-4-18(5-7-19)26-23(28)14-20-16(2)25-22-8-3-17(24)13-21(20)22/h3-8,13,15,25H,9-12,14H2,1-2H3,(H,26,28). The summed E-state index contributed by atoms with van der Waals surface area (Å²) < 4.78 is 13.6. The van der Waals surface area contributed by atoms with Gasteiger partial charge in [0.2, 0.25) is 5.91 Å². The van der Waals surface area contributed by atoms with E-state index in [4.69, 9.17) is 0 Å². The predicted octanol–water partition coefficient (Wildman–Crippen LogP) is 5.03. The molecule has 146 valence electrons. The third-order valence-corrected chi connectivity index (χ3v) is 5.72. The van der Waals surface area contributed by atoms with E-state index in [1.807, 2.05) is 19.1 Å². The highest BCUT2D eigenvalue weighted by Gasteiger charge is 2.16. The Kier molecular flexibility index (Phi) is 5.07. The van der Waals surface area contributed by atoms with Gasteiger partial charge >= 0.3 is 0 Å². The fourth-order valence-corrected chi connectivity index (χ4v) is 3.97. The Morgan fingerprint density at radius 3 is 2.61 bits per heavy atom. The normalized spacial score (nSPS) is 15.2. The summed E-state index contributed by atoms with van der Waals surface area (Å²) in [4.78, 5) is 18.2. The van der Waals surface area contributed by atoms with Gasteiger partial charge in [-0.25, -0.2) is 4.39 Å². The number of rotatable bonds is 4. The van der Waals surface area contributed by atoms with Crippen LogP contribution in [0.1, 0.15) is 31.0 Å². The molecule has 0 aliphatic carbocycles. The number of aromatic nitrogens is 1. The second-order valence-corrected chi connectivity index (χ2v) is 7.86. The topological polar surface area (TPSA) is 48.1 Å². The average molecular weight is 379 g/mol. The molecule has 1 fully saturated rings. The highest BCUT2D eigenvalue weighted by atomic mass is 19.1. The number of carbonyl (C=O) groups is 1. The van der Waals surface area contributed by atoms with E-state index in [0.717, 1.165) is 46.9 Å². The molecule has 1 saturated heterocycles. The van der Waals surface area contributed by atoms with Crippen molar-refractivity contribution in [3.63, 3.8) is 0 Å². The van der Waals surface area contributed by atoms with Crippen molar-refractivity contribution < 1.29 is 9.18 Å². The van der Waals surface area contributed by atoms with Gasteiger partial charge in [-0.15, -0.1) is 0 Å². The van der Waals surface area contributed by atoms with Gasteiger partial charge in [0, 0.05) is 41.1 Å². The maximum absolute atomic E-state index is 13.6. The third-order valence-electron chi connectivity index (χ3n) is 5.72. The molecule has 3 aromatic rings. The molecule has 2 N–H and O–H groups in total. The van der Waals surface area contributed by atoms with Gasteiger partial charge in [0.1, 0.15) is 5.82 Å². The number of nitrogens with one attached hydrogen (secondary N) is 2. The van der Waals surface area contributed by atoms with Crippen LogP contribution in [0.4, 0.5) is 15.8 Å². The summed E-state index contributed by atoms with van der Waals surface area (Å²) in [7, 11) is 0. The minimum absolute atomic E-state index is 0.104. The smallest absolute Gasteiger partial charge is 0.228 e. The Bertz CT molecular complexity index is 985. The predicted molar refractivity (Wildman–Crippen MR) is 112 cm³/mol. The molecule has 0 spiro atoms. The van der Waals surface area contributed by atoms with Gasteiger partial charge in [0.05, 0.1) is 6.42 Å². The molecule has 0 radical (unpaired) electrons. The van der Waals surface area contributed by atoms with Crippen LogP contribution in [0.3, 0.4) is 0 Å². The quantitative estimate of drug-likeness (QED) is 0.668. The molecule has 1 aromatic heterocycles. The summed E-state index contributed by atoms with van der Waals surface area (Å²) in [6.45, 7) is 6.39. The van der Waals surface area contributed by atoms with Crippen LogP contribution < -0.4 is 10.2 Å². The first-order valence-corrected chi connectivity index (χ1v) is 9.91. The van der Waals surface area contributed by atoms with Crippen LogP contribution in [0.5, 0.6) is 0 Å². The van der Waals surface area contributed by atoms with Crippen molar-refractivity contribution in [1.82, 2.24) is 4.98 Å². The van der Waals surface area contributed by atoms with Crippen molar-refractivity contribution in [3.05, 3.63) is 59.5 Å². The fraction of sp³-hybridized carbons (Fsp3) is 0.348. The molecule has 1 amide bonds. The zero-order valence-electron chi connectivity index (χ0n) is 16.4. The van der Waals surface area contributed by atoms with E-state index in [-0.39, 0.29) is 18.1 Å². The molecule has 0 unspecified atom stereocenters. The highest BCUT2D eigenvalue weighted by molar-refractivity contribution is 5.96. The lowest BCUT2D eigenvalue weighted by atomic mass is 9.99. The zero-order valence-corrected chi connectivity index (χ0v) is 16.4. The van der Waals surface area contributed by atoms with Crippen LogP contribution in [0.2, 0.25) is 0 Å². The van der Waals surface area contributed by atoms with Crippen LogP contribution in [0.15, 0.2) is 42.5 Å². The number of hydrogen-bond donors (Lipinski definition) is 2. The van der Waals surface area contributed by atoms with E-state index in [1.165, 1.54) is 30.7 Å². The van der Waals surface area contributed by atoms with E-state index < -0.39 is 0 Å². The fourth-order valence-electron chi connectivity index (χ4n) is 3.97. The van der Waals surface area contributed by atoms with E-state index in [2.05, 4.69) is 34.3 Å². The number of piperidine rings is 1. The van der Waals surface area contributed by atoms with Crippen LogP contribution in [-0.4, -0.2) is 24.0 Å². The second kappa shape index (κ2) is 7.66. The SMILES string of the molecule is Cc1[nH]c2ccc(F)cc2c1CC(=O)Nc1ccc(N2CCC(C)CC2)cc1. The van der Waals surface area contributed by atoms with Crippen molar-refractivity contribution in [2.75, 3.05) is 23.3 Å². The number of halogens is 1. The van der Waals surface area contributed by atoms with Gasteiger partial charge in [0.25, 0.3) is 0 Å². The van der Waals surface area contributed by atoms with Crippen LogP contribution in [-0.2, 0) is 11.2 Å². The molecule has 0 saturated carbocycles. The molecule has 4 nitrogen and oxygen atoms in total. The number of H-pyrrole nitrogens is 1. The Hall–Kier alpha value is -2.82. The number of anilines is 2. The van der Waals surface area contributed by atoms with Gasteiger partial charge in [-0.05, 0) is 73.7 Å². The first kappa shape index (κ1) is 18.5. The lowest BCUT2D eigenvalue weighted by molar-refractivity contribution is -0.115. The highest BCUT2D eigenvalue weighted by Crippen LogP contribution is 2.26. The summed E-state index contributed by atoms with van der Waals surface area (Å²) in [5.41, 5.74) is 4.56. The molecule has 4 rings (SSSR count). The number of amides is 1. The molecule has 0 bridgehead atoms. The van der Waals surface area contributed by atoms with Gasteiger partial charge in [-0.2, -0.15) is 0 Å². The van der Waals surface area contributed by atoms with E-state index in [1.54, 1.807) is 6.07 Å². The van der Waals surface area contributed by atoms with Crippen molar-refractivity contribution in [2.45, 2.75) is 33.1 Å². The van der Waals surface area contributed by atoms with Crippen LogP contribution in [0.25, 0.3) is 10.9 Å². The maximum atomic E-state index is 13.6. The third kappa shape index (κ3) is 3.88. The monoisotopic (exact) mass is 379 g/mol. The number of fused-ring (bicyclic) bond motifs is 1. The molecule has 5 heteroatoms. The van der Waals surface area contributed by atoms with E-state index in [9.17, 15) is 9.18 Å². The molecule has 1 aliphatic heterocycles. The van der Waals surface area contributed by atoms with Crippen molar-refractivity contribution in [2.24, 2.45) is 5.92 Å². The minimum atomic E-state index is -0.296. The van der Waals surface area contributed by atoms with Gasteiger partial charge in [0.15, 0.2) is 0 Å². The van der Waals surface area contributed by atoms with Gasteiger partial charge < -0.3 is 15.2 Å². The summed E-state index contributed by atoms with van der Waals surface area (Å²) in [6.07, 6.45) is 2.66. The number of aromatic amines is 1. The molecule has 2 heterocycles. The number of carbonyl (C=O) groups excluding carboxylic acids is 1. The summed E-state index contributed by atoms with van der Waals surface area (Å²) in [5.74, 6) is 0.403. The minimum Gasteiger partial charge on any atom is -0.372 e. The van der Waals surface area contributed by atoms with Crippen molar-refractivity contribution in [1.29, 1.82) is 0 Å². The summed E-state index contributed by atoms with van der Waals surface area (Å²) >= 11 is 0. The van der Waals surface area contributed by atoms with E-state index >= 15 is 0 Å². The first-order valence-electron chi connectivity index (χ1n) is 9.91. The largest absolute Gasteiger partial charge is 0.372 e. The number of benzene rings is 2. The molecular weight excluding hydrogens is 353 g/mol. The Morgan fingerprint density at radius 2 is 1.89 bits per heavy atom. The lowest BCUT2D eigenvalue weighted by Crippen LogP contribution is -2.32. The molecule has 1 aliphatic rings. The Morgan fingerprint density at radius 1 is 1.18 bits per heavy atom. The van der Waals surface area contributed by atoms with Crippen LogP contribution in [0, 0.1) is 18.7 Å². The molecule has 28 heavy (non-hydrogen) atoms. The second-order valence-electron chi connectivity index (χ2n) is 7.86. The molecular formula is C23H26FN3O. The Balaban J connectivity index is 1.43. The zero-order chi connectivity index (χ0) is 19.7. The number of aryl methyl sites for hydroxylation is 1. The average Bonchev–Trinajstić information content (AvgIpc) is 2.98.